The third kappa shape index (κ3) is 5.86. The molecule has 0 radical (unpaired) electrons. The van der Waals surface area contributed by atoms with Crippen LogP contribution in [0.2, 0.25) is 0 Å². The van der Waals surface area contributed by atoms with E-state index in [1.165, 1.54) is 11.8 Å². The van der Waals surface area contributed by atoms with E-state index in [2.05, 4.69) is 15.6 Å². The Kier molecular flexibility index (Phi) is 6.67. The SMILES string of the molecule is Cc1ccc(N=C2NC(=O)/C(=C\c3ccc(OCC(=O)Nc4ccccc4)cc3)S2)cc1. The quantitative estimate of drug-likeness (QED) is 0.531. The molecule has 1 fully saturated rings. The zero-order chi connectivity index (χ0) is 22.3. The van der Waals surface area contributed by atoms with Crippen LogP contribution < -0.4 is 15.4 Å². The fraction of sp³-hybridized carbons (Fsp3) is 0.0800. The molecule has 1 heterocycles. The summed E-state index contributed by atoms with van der Waals surface area (Å²) in [6, 6.07) is 24.2. The summed E-state index contributed by atoms with van der Waals surface area (Å²) in [5.41, 5.74) is 3.51. The zero-order valence-electron chi connectivity index (χ0n) is 17.4. The number of carbonyl (C=O) groups is 2. The number of rotatable bonds is 6. The van der Waals surface area contributed by atoms with Gasteiger partial charge >= 0.3 is 0 Å². The van der Waals surface area contributed by atoms with E-state index in [1.807, 2.05) is 73.7 Å². The average molecular weight is 444 g/mol. The summed E-state index contributed by atoms with van der Waals surface area (Å²) in [6.07, 6.45) is 1.80. The van der Waals surface area contributed by atoms with Crippen molar-refractivity contribution in [2.75, 3.05) is 11.9 Å². The normalized spacial score (nSPS) is 15.6. The number of nitrogens with zero attached hydrogens (tertiary/aromatic N) is 1. The van der Waals surface area contributed by atoms with E-state index in [1.54, 1.807) is 18.2 Å². The smallest absolute Gasteiger partial charge is 0.264 e. The van der Waals surface area contributed by atoms with Gasteiger partial charge in [0.25, 0.3) is 11.8 Å². The molecule has 4 rings (SSSR count). The summed E-state index contributed by atoms with van der Waals surface area (Å²) in [7, 11) is 0. The molecule has 0 unspecified atom stereocenters. The van der Waals surface area contributed by atoms with Crippen LogP contribution in [0.3, 0.4) is 0 Å². The summed E-state index contributed by atoms with van der Waals surface area (Å²) >= 11 is 1.30. The fourth-order valence-corrected chi connectivity index (χ4v) is 3.74. The maximum absolute atomic E-state index is 12.3. The molecule has 2 amide bonds. The summed E-state index contributed by atoms with van der Waals surface area (Å²) in [4.78, 5) is 29.3. The number of amidine groups is 1. The largest absolute Gasteiger partial charge is 0.484 e. The van der Waals surface area contributed by atoms with E-state index < -0.39 is 0 Å². The molecule has 3 aromatic carbocycles. The molecule has 0 spiro atoms. The van der Waals surface area contributed by atoms with Crippen LogP contribution in [0.5, 0.6) is 5.75 Å². The molecule has 0 bridgehead atoms. The summed E-state index contributed by atoms with van der Waals surface area (Å²) in [5.74, 6) is 0.154. The third-order valence-electron chi connectivity index (χ3n) is 4.52. The number of hydrogen-bond donors (Lipinski definition) is 2. The van der Waals surface area contributed by atoms with Gasteiger partial charge in [-0.2, -0.15) is 0 Å². The van der Waals surface area contributed by atoms with E-state index in [0.717, 1.165) is 22.5 Å². The predicted octanol–water partition coefficient (Wildman–Crippen LogP) is 4.90. The number of aliphatic imine (C=N–C) groups is 1. The Labute approximate surface area is 190 Å². The molecule has 2 N–H and O–H groups in total. The highest BCUT2D eigenvalue weighted by Crippen LogP contribution is 2.28. The minimum absolute atomic E-state index is 0.0909. The van der Waals surface area contributed by atoms with E-state index in [9.17, 15) is 9.59 Å². The minimum Gasteiger partial charge on any atom is -0.484 e. The summed E-state index contributed by atoms with van der Waals surface area (Å²) in [6.45, 7) is 1.92. The molecule has 0 atom stereocenters. The highest BCUT2D eigenvalue weighted by Gasteiger charge is 2.23. The van der Waals surface area contributed by atoms with Crippen LogP contribution in [-0.2, 0) is 9.59 Å². The maximum atomic E-state index is 12.3. The molecule has 160 valence electrons. The average Bonchev–Trinajstić information content (AvgIpc) is 3.14. The zero-order valence-corrected chi connectivity index (χ0v) is 18.2. The number of ether oxygens (including phenoxy) is 1. The highest BCUT2D eigenvalue weighted by atomic mass is 32.2. The lowest BCUT2D eigenvalue weighted by atomic mass is 10.2. The van der Waals surface area contributed by atoms with Gasteiger partial charge in [0.15, 0.2) is 11.8 Å². The van der Waals surface area contributed by atoms with Gasteiger partial charge in [-0.05, 0) is 66.7 Å². The molecule has 1 aliphatic heterocycles. The first kappa shape index (κ1) is 21.4. The van der Waals surface area contributed by atoms with Gasteiger partial charge in [0.05, 0.1) is 10.6 Å². The second-order valence-corrected chi connectivity index (χ2v) is 8.12. The van der Waals surface area contributed by atoms with Crippen molar-refractivity contribution in [3.05, 3.63) is 94.9 Å². The first-order chi connectivity index (χ1) is 15.5. The Bertz CT molecular complexity index is 1170. The van der Waals surface area contributed by atoms with Gasteiger partial charge in [-0.25, -0.2) is 4.99 Å². The van der Waals surface area contributed by atoms with Crippen LogP contribution in [0.1, 0.15) is 11.1 Å². The van der Waals surface area contributed by atoms with Crippen LogP contribution in [0, 0.1) is 6.92 Å². The Hall–Kier alpha value is -3.84. The second kappa shape index (κ2) is 9.98. The van der Waals surface area contributed by atoms with Crippen LogP contribution in [0.25, 0.3) is 6.08 Å². The molecule has 1 saturated heterocycles. The molecular formula is C25H21N3O3S. The van der Waals surface area contributed by atoms with Crippen molar-refractivity contribution < 1.29 is 14.3 Å². The number of hydrogen-bond acceptors (Lipinski definition) is 5. The highest BCUT2D eigenvalue weighted by molar-refractivity contribution is 8.18. The monoisotopic (exact) mass is 443 g/mol. The number of para-hydroxylation sites is 1. The first-order valence-electron chi connectivity index (χ1n) is 9.99. The van der Waals surface area contributed by atoms with Gasteiger partial charge in [0, 0.05) is 5.69 Å². The minimum atomic E-state index is -0.234. The fourth-order valence-electron chi connectivity index (χ4n) is 2.90. The Morgan fingerprint density at radius 1 is 1.03 bits per heavy atom. The van der Waals surface area contributed by atoms with Crippen LogP contribution in [0.15, 0.2) is 88.8 Å². The Balaban J connectivity index is 1.34. The van der Waals surface area contributed by atoms with Gasteiger partial charge in [-0.3, -0.25) is 9.59 Å². The van der Waals surface area contributed by atoms with Crippen molar-refractivity contribution >= 4 is 46.2 Å². The number of aryl methyl sites for hydroxylation is 1. The summed E-state index contributed by atoms with van der Waals surface area (Å²) < 4.78 is 5.54. The Morgan fingerprint density at radius 2 is 1.75 bits per heavy atom. The molecule has 0 aliphatic carbocycles. The standard InChI is InChI=1S/C25H21N3O3S/c1-17-7-11-20(12-8-17)27-25-28-24(30)22(32-25)15-18-9-13-21(14-10-18)31-16-23(29)26-19-5-3-2-4-6-19/h2-15H,16H2,1H3,(H,26,29)(H,27,28,30)/b22-15+. The number of carbonyl (C=O) groups excluding carboxylic acids is 2. The van der Waals surface area contributed by atoms with Gasteiger partial charge in [-0.15, -0.1) is 0 Å². The van der Waals surface area contributed by atoms with Crippen molar-refractivity contribution in [2.24, 2.45) is 4.99 Å². The van der Waals surface area contributed by atoms with Crippen LogP contribution >= 0.6 is 11.8 Å². The van der Waals surface area contributed by atoms with E-state index in [0.29, 0.717) is 15.8 Å². The van der Waals surface area contributed by atoms with Crippen molar-refractivity contribution in [1.29, 1.82) is 0 Å². The number of benzene rings is 3. The lowest BCUT2D eigenvalue weighted by Crippen LogP contribution is -2.20. The lowest BCUT2D eigenvalue weighted by Gasteiger charge is -2.07. The predicted molar refractivity (Wildman–Crippen MR) is 129 cm³/mol. The van der Waals surface area contributed by atoms with Crippen molar-refractivity contribution in [3.63, 3.8) is 0 Å². The number of amides is 2. The molecule has 6 nitrogen and oxygen atoms in total. The van der Waals surface area contributed by atoms with Gasteiger partial charge < -0.3 is 15.4 Å². The third-order valence-corrected chi connectivity index (χ3v) is 5.43. The van der Waals surface area contributed by atoms with Crippen LogP contribution in [0.4, 0.5) is 11.4 Å². The maximum Gasteiger partial charge on any atom is 0.264 e. The first-order valence-corrected chi connectivity index (χ1v) is 10.8. The number of nitrogens with one attached hydrogen (secondary N) is 2. The molecule has 7 heteroatoms. The lowest BCUT2D eigenvalue weighted by molar-refractivity contribution is -0.118. The number of thioether (sulfide) groups is 1. The van der Waals surface area contributed by atoms with E-state index >= 15 is 0 Å². The Morgan fingerprint density at radius 3 is 2.47 bits per heavy atom. The van der Waals surface area contributed by atoms with Crippen LogP contribution in [-0.4, -0.2) is 23.6 Å². The van der Waals surface area contributed by atoms with Gasteiger partial charge in [0.2, 0.25) is 0 Å². The summed E-state index contributed by atoms with van der Waals surface area (Å²) in [5, 5.41) is 6.11. The molecular weight excluding hydrogens is 422 g/mol. The van der Waals surface area contributed by atoms with Gasteiger partial charge in [-0.1, -0.05) is 48.0 Å². The molecule has 1 aliphatic rings. The topological polar surface area (TPSA) is 79.8 Å². The second-order valence-electron chi connectivity index (χ2n) is 7.09. The van der Waals surface area contributed by atoms with Crippen molar-refractivity contribution in [3.8, 4) is 5.75 Å². The molecule has 32 heavy (non-hydrogen) atoms. The molecule has 0 aromatic heterocycles. The van der Waals surface area contributed by atoms with Crippen molar-refractivity contribution in [1.82, 2.24) is 5.32 Å². The van der Waals surface area contributed by atoms with Gasteiger partial charge in [0.1, 0.15) is 5.75 Å². The molecule has 0 saturated carbocycles. The molecule has 3 aromatic rings. The van der Waals surface area contributed by atoms with E-state index in [-0.39, 0.29) is 18.4 Å². The number of anilines is 1. The van der Waals surface area contributed by atoms with E-state index in [4.69, 9.17) is 4.74 Å². The van der Waals surface area contributed by atoms with Crippen molar-refractivity contribution in [2.45, 2.75) is 6.92 Å².